The van der Waals surface area contributed by atoms with E-state index in [1.165, 1.54) is 0 Å². The molecule has 10 nitrogen and oxygen atoms in total. The third kappa shape index (κ3) is 3.78. The summed E-state index contributed by atoms with van der Waals surface area (Å²) in [4.78, 5) is 25.1. The maximum Gasteiger partial charge on any atom is 0.434 e. The zero-order chi connectivity index (χ0) is 20.7. The first kappa shape index (κ1) is 20.4. The van der Waals surface area contributed by atoms with Gasteiger partial charge >= 0.3 is 12.1 Å². The molecule has 2 aromatic rings. The van der Waals surface area contributed by atoms with Gasteiger partial charge in [0.25, 0.3) is 11.6 Å². The van der Waals surface area contributed by atoms with Crippen LogP contribution in [0.15, 0.2) is 12.1 Å². The number of hydrogen-bond acceptors (Lipinski definition) is 7. The Bertz CT molecular complexity index is 928. The van der Waals surface area contributed by atoms with Gasteiger partial charge in [0.15, 0.2) is 16.9 Å². The second kappa shape index (κ2) is 6.66. The van der Waals surface area contributed by atoms with Crippen molar-refractivity contribution in [2.75, 3.05) is 0 Å². The van der Waals surface area contributed by atoms with Crippen LogP contribution in [-0.2, 0) is 23.6 Å². The summed E-state index contributed by atoms with van der Waals surface area (Å²) in [6, 6.07) is 1.80. The van der Waals surface area contributed by atoms with Gasteiger partial charge in [0.1, 0.15) is 5.02 Å². The Labute approximate surface area is 153 Å². The van der Waals surface area contributed by atoms with E-state index in [9.17, 15) is 28.1 Å². The minimum atomic E-state index is -4.81. The van der Waals surface area contributed by atoms with Crippen LogP contribution in [0.1, 0.15) is 18.3 Å². The maximum absolute atomic E-state index is 12.9. The van der Waals surface area contributed by atoms with Crippen molar-refractivity contribution in [2.24, 2.45) is 12.8 Å². The molecule has 2 rings (SSSR count). The van der Waals surface area contributed by atoms with E-state index < -0.39 is 56.5 Å². The SMILES string of the molecule is Cn1nc(Oc2ccc([N+](=O)[O-])c(C(C)(N)C(=O)O)n2)c(Cl)c1C(F)(F)F. The molecular weight excluding hydrogens is 399 g/mol. The number of pyridine rings is 1. The number of alkyl halides is 3. The van der Waals surface area contributed by atoms with E-state index in [4.69, 9.17) is 27.2 Å². The zero-order valence-electron chi connectivity index (χ0n) is 13.6. The van der Waals surface area contributed by atoms with Gasteiger partial charge in [-0.1, -0.05) is 11.6 Å². The number of hydrogen-bond donors (Lipinski definition) is 2. The molecule has 0 aliphatic rings. The van der Waals surface area contributed by atoms with Crippen LogP contribution in [0.4, 0.5) is 18.9 Å². The molecule has 0 radical (unpaired) electrons. The van der Waals surface area contributed by atoms with Crippen LogP contribution in [0, 0.1) is 10.1 Å². The number of carbonyl (C=O) groups is 1. The van der Waals surface area contributed by atoms with Gasteiger partial charge in [0.2, 0.25) is 5.88 Å². The molecule has 0 aromatic carbocycles. The topological polar surface area (TPSA) is 146 Å². The molecule has 146 valence electrons. The summed E-state index contributed by atoms with van der Waals surface area (Å²) in [6.07, 6.45) is -4.81. The van der Waals surface area contributed by atoms with E-state index in [2.05, 4.69) is 10.1 Å². The Morgan fingerprint density at radius 2 is 2.04 bits per heavy atom. The smallest absolute Gasteiger partial charge is 0.434 e. The van der Waals surface area contributed by atoms with Gasteiger partial charge in [-0.3, -0.25) is 14.8 Å². The summed E-state index contributed by atoms with van der Waals surface area (Å²) in [5.74, 6) is -2.78. The largest absolute Gasteiger partial charge is 0.480 e. The summed E-state index contributed by atoms with van der Waals surface area (Å²) in [7, 11) is 0.984. The first-order valence-corrected chi connectivity index (χ1v) is 7.30. The highest BCUT2D eigenvalue weighted by Gasteiger charge is 2.41. The predicted molar refractivity (Wildman–Crippen MR) is 83.4 cm³/mol. The van der Waals surface area contributed by atoms with Crippen LogP contribution in [0.2, 0.25) is 5.02 Å². The van der Waals surface area contributed by atoms with E-state index in [1.54, 1.807) is 0 Å². The number of rotatable bonds is 5. The predicted octanol–water partition coefficient (Wildman–Crippen LogP) is 2.45. The lowest BCUT2D eigenvalue weighted by Crippen LogP contribution is -2.43. The molecule has 14 heteroatoms. The molecular formula is C13H11ClF3N5O5. The molecule has 27 heavy (non-hydrogen) atoms. The number of nitro groups is 1. The minimum Gasteiger partial charge on any atom is -0.480 e. The van der Waals surface area contributed by atoms with Crippen molar-refractivity contribution in [2.45, 2.75) is 18.6 Å². The summed E-state index contributed by atoms with van der Waals surface area (Å²) >= 11 is 5.64. The van der Waals surface area contributed by atoms with E-state index >= 15 is 0 Å². The fourth-order valence-corrected chi connectivity index (χ4v) is 2.37. The summed E-state index contributed by atoms with van der Waals surface area (Å²) in [5, 5.41) is 22.9. The van der Waals surface area contributed by atoms with Crippen molar-refractivity contribution in [1.29, 1.82) is 0 Å². The molecule has 1 unspecified atom stereocenters. The van der Waals surface area contributed by atoms with E-state index in [0.717, 1.165) is 26.1 Å². The second-order valence-electron chi connectivity index (χ2n) is 5.47. The number of nitrogens with zero attached hydrogens (tertiary/aromatic N) is 4. The molecule has 3 N–H and O–H groups in total. The minimum absolute atomic E-state index is 0.439. The number of halogens is 4. The molecule has 2 heterocycles. The van der Waals surface area contributed by atoms with Gasteiger partial charge in [-0.05, 0) is 6.92 Å². The number of ether oxygens (including phenoxy) is 1. The van der Waals surface area contributed by atoms with Gasteiger partial charge in [0, 0.05) is 19.2 Å². The number of nitrogens with two attached hydrogens (primary N) is 1. The molecule has 0 bridgehead atoms. The zero-order valence-corrected chi connectivity index (χ0v) is 14.4. The third-order valence-corrected chi connectivity index (χ3v) is 3.75. The van der Waals surface area contributed by atoms with Crippen LogP contribution in [0.25, 0.3) is 0 Å². The monoisotopic (exact) mass is 409 g/mol. The summed E-state index contributed by atoms with van der Waals surface area (Å²) in [6.45, 7) is 0.962. The molecule has 2 aromatic heterocycles. The van der Waals surface area contributed by atoms with Crippen molar-refractivity contribution in [3.8, 4) is 11.8 Å². The Hall–Kier alpha value is -2.93. The Morgan fingerprint density at radius 1 is 1.44 bits per heavy atom. The highest BCUT2D eigenvalue weighted by atomic mass is 35.5. The average Bonchev–Trinajstić information content (AvgIpc) is 2.80. The van der Waals surface area contributed by atoms with E-state index in [1.807, 2.05) is 0 Å². The summed E-state index contributed by atoms with van der Waals surface area (Å²) < 4.78 is 44.3. The Morgan fingerprint density at radius 3 is 2.48 bits per heavy atom. The Kier molecular flexibility index (Phi) is 5.03. The average molecular weight is 410 g/mol. The number of carboxylic acids is 1. The third-order valence-electron chi connectivity index (χ3n) is 3.41. The lowest BCUT2D eigenvalue weighted by molar-refractivity contribution is -0.386. The summed E-state index contributed by atoms with van der Waals surface area (Å²) in [5.41, 5.74) is 0.651. The molecule has 1 atom stereocenters. The van der Waals surface area contributed by atoms with E-state index in [-0.39, 0.29) is 0 Å². The molecule has 0 saturated heterocycles. The van der Waals surface area contributed by atoms with E-state index in [0.29, 0.717) is 4.68 Å². The van der Waals surface area contributed by atoms with Crippen molar-refractivity contribution in [3.63, 3.8) is 0 Å². The van der Waals surface area contributed by atoms with Gasteiger partial charge in [0.05, 0.1) is 4.92 Å². The van der Waals surface area contributed by atoms with Gasteiger partial charge in [-0.15, -0.1) is 5.10 Å². The lowest BCUT2D eigenvalue weighted by Gasteiger charge is -2.18. The molecule has 0 spiro atoms. The standard InChI is InChI=1S/C13H11ClF3N5O5/c1-12(18,11(23)24)8-5(22(25)26)3-4-6(19-8)27-10-7(14)9(13(15,16)17)21(2)20-10/h3-4H,18H2,1-2H3,(H,23,24). The van der Waals surface area contributed by atoms with Crippen LogP contribution < -0.4 is 10.5 Å². The van der Waals surface area contributed by atoms with Crippen molar-refractivity contribution in [3.05, 3.63) is 38.7 Å². The number of aryl methyl sites for hydroxylation is 1. The molecule has 0 aliphatic heterocycles. The van der Waals surface area contributed by atoms with Crippen LogP contribution in [0.3, 0.4) is 0 Å². The van der Waals surface area contributed by atoms with Gasteiger partial charge in [-0.25, -0.2) is 9.78 Å². The fourth-order valence-electron chi connectivity index (χ4n) is 2.07. The second-order valence-corrected chi connectivity index (χ2v) is 5.85. The lowest BCUT2D eigenvalue weighted by atomic mass is 9.97. The number of aliphatic carboxylic acids is 1. The normalized spacial score (nSPS) is 13.9. The molecule has 0 saturated carbocycles. The number of carboxylic acid groups (broad SMARTS) is 1. The van der Waals surface area contributed by atoms with Crippen molar-refractivity contribution in [1.82, 2.24) is 14.8 Å². The maximum atomic E-state index is 12.9. The molecule has 0 fully saturated rings. The molecule has 0 aliphatic carbocycles. The quantitative estimate of drug-likeness (QED) is 0.565. The van der Waals surface area contributed by atoms with Crippen molar-refractivity contribution < 1.29 is 32.7 Å². The number of aromatic nitrogens is 3. The van der Waals surface area contributed by atoms with Crippen LogP contribution in [0.5, 0.6) is 11.8 Å². The Balaban J connectivity index is 2.54. The first-order valence-electron chi connectivity index (χ1n) is 6.92. The fraction of sp³-hybridized carbons (Fsp3) is 0.308. The highest BCUT2D eigenvalue weighted by molar-refractivity contribution is 6.32. The van der Waals surface area contributed by atoms with Crippen molar-refractivity contribution >= 4 is 23.3 Å². The van der Waals surface area contributed by atoms with Crippen LogP contribution >= 0.6 is 11.6 Å². The first-order chi connectivity index (χ1) is 12.3. The van der Waals surface area contributed by atoms with Gasteiger partial charge < -0.3 is 15.6 Å². The van der Waals surface area contributed by atoms with Gasteiger partial charge in [-0.2, -0.15) is 13.2 Å². The molecule has 0 amide bonds. The highest BCUT2D eigenvalue weighted by Crippen LogP contribution is 2.40. The van der Waals surface area contributed by atoms with Crippen LogP contribution in [-0.4, -0.2) is 30.8 Å².